The van der Waals surface area contributed by atoms with Gasteiger partial charge in [0, 0.05) is 24.5 Å². The second-order valence-electron chi connectivity index (χ2n) is 4.63. The summed E-state index contributed by atoms with van der Waals surface area (Å²) in [6.45, 7) is 1.91. The number of aryl methyl sites for hydroxylation is 2. The van der Waals surface area contributed by atoms with Crippen LogP contribution in [0.4, 0.5) is 4.39 Å². The minimum Gasteiger partial charge on any atom is -0.275 e. The van der Waals surface area contributed by atoms with Gasteiger partial charge in [-0.05, 0) is 37.3 Å². The lowest BCUT2D eigenvalue weighted by molar-refractivity contribution is 0.628. The molecule has 0 aliphatic rings. The van der Waals surface area contributed by atoms with E-state index in [1.165, 1.54) is 12.1 Å². The average Bonchev–Trinajstić information content (AvgIpc) is 2.85. The zero-order chi connectivity index (χ0) is 14.1. The summed E-state index contributed by atoms with van der Waals surface area (Å²) >= 11 is 0. The Morgan fingerprint density at radius 1 is 1.05 bits per heavy atom. The molecule has 100 valence electrons. The van der Waals surface area contributed by atoms with Crippen molar-refractivity contribution >= 4 is 0 Å². The fourth-order valence-electron chi connectivity index (χ4n) is 2.00. The second-order valence-corrected chi connectivity index (χ2v) is 4.63. The van der Waals surface area contributed by atoms with Crippen LogP contribution >= 0.6 is 0 Å². The first-order valence-electron chi connectivity index (χ1n) is 6.22. The van der Waals surface area contributed by atoms with E-state index in [0.717, 1.165) is 22.5 Å². The van der Waals surface area contributed by atoms with Gasteiger partial charge in [-0.3, -0.25) is 4.68 Å². The van der Waals surface area contributed by atoms with Crippen molar-refractivity contribution in [2.75, 3.05) is 0 Å². The Labute approximate surface area is 115 Å². The molecule has 0 atom stereocenters. The van der Waals surface area contributed by atoms with E-state index in [-0.39, 0.29) is 5.82 Å². The molecule has 0 bridgehead atoms. The van der Waals surface area contributed by atoms with E-state index in [9.17, 15) is 4.39 Å². The molecule has 0 aliphatic heterocycles. The lowest BCUT2D eigenvalue weighted by Gasteiger charge is -2.05. The van der Waals surface area contributed by atoms with Gasteiger partial charge in [-0.1, -0.05) is 0 Å². The van der Waals surface area contributed by atoms with E-state index in [1.54, 1.807) is 23.0 Å². The zero-order valence-electron chi connectivity index (χ0n) is 11.2. The molecule has 3 rings (SSSR count). The van der Waals surface area contributed by atoms with Crippen molar-refractivity contribution in [3.63, 3.8) is 0 Å². The summed E-state index contributed by atoms with van der Waals surface area (Å²) in [5, 5.41) is 4.12. The van der Waals surface area contributed by atoms with Crippen LogP contribution in [0.5, 0.6) is 0 Å². The lowest BCUT2D eigenvalue weighted by atomic mass is 10.1. The topological polar surface area (TPSA) is 43.6 Å². The Balaban J connectivity index is 2.09. The Hall–Kier alpha value is -2.56. The van der Waals surface area contributed by atoms with E-state index >= 15 is 0 Å². The third-order valence-electron chi connectivity index (χ3n) is 2.96. The van der Waals surface area contributed by atoms with E-state index in [4.69, 9.17) is 0 Å². The molecule has 0 radical (unpaired) electrons. The zero-order valence-corrected chi connectivity index (χ0v) is 11.2. The standard InChI is InChI=1S/C15H13FN4/c1-10-7-14(11-3-5-13(16)6-4-11)19-15(18-10)12-8-17-20(2)9-12/h3-9H,1-2H3. The van der Waals surface area contributed by atoms with Crippen LogP contribution in [-0.2, 0) is 7.05 Å². The first kappa shape index (κ1) is 12.5. The number of nitrogens with zero attached hydrogens (tertiary/aromatic N) is 4. The monoisotopic (exact) mass is 268 g/mol. The van der Waals surface area contributed by atoms with Crippen molar-refractivity contribution in [3.8, 4) is 22.6 Å². The van der Waals surface area contributed by atoms with Crippen LogP contribution in [-0.4, -0.2) is 19.7 Å². The average molecular weight is 268 g/mol. The maximum absolute atomic E-state index is 13.0. The van der Waals surface area contributed by atoms with Crippen LogP contribution in [0.2, 0.25) is 0 Å². The van der Waals surface area contributed by atoms with E-state index < -0.39 is 0 Å². The SMILES string of the molecule is Cc1cc(-c2ccc(F)cc2)nc(-c2cnn(C)c2)n1. The van der Waals surface area contributed by atoms with Crippen LogP contribution in [0.3, 0.4) is 0 Å². The van der Waals surface area contributed by atoms with Gasteiger partial charge in [-0.15, -0.1) is 0 Å². The maximum Gasteiger partial charge on any atom is 0.163 e. The molecule has 1 aromatic carbocycles. The summed E-state index contributed by atoms with van der Waals surface area (Å²) in [5.74, 6) is 0.365. The third kappa shape index (κ3) is 2.42. The molecule has 0 spiro atoms. The van der Waals surface area contributed by atoms with Gasteiger partial charge < -0.3 is 0 Å². The molecule has 0 unspecified atom stereocenters. The van der Waals surface area contributed by atoms with Crippen molar-refractivity contribution in [2.45, 2.75) is 6.92 Å². The van der Waals surface area contributed by atoms with Gasteiger partial charge in [-0.25, -0.2) is 14.4 Å². The summed E-state index contributed by atoms with van der Waals surface area (Å²) in [5.41, 5.74) is 3.36. The normalized spacial score (nSPS) is 10.8. The molecule has 0 fully saturated rings. The fourth-order valence-corrected chi connectivity index (χ4v) is 2.00. The number of halogens is 1. The number of benzene rings is 1. The van der Waals surface area contributed by atoms with Crippen molar-refractivity contribution < 1.29 is 4.39 Å². The minimum absolute atomic E-state index is 0.257. The quantitative estimate of drug-likeness (QED) is 0.717. The van der Waals surface area contributed by atoms with Crippen LogP contribution < -0.4 is 0 Å². The molecule has 3 aromatic rings. The molecular weight excluding hydrogens is 255 g/mol. The van der Waals surface area contributed by atoms with Crippen LogP contribution in [0.1, 0.15) is 5.69 Å². The number of hydrogen-bond acceptors (Lipinski definition) is 3. The van der Waals surface area contributed by atoms with Gasteiger partial charge in [0.15, 0.2) is 5.82 Å². The van der Waals surface area contributed by atoms with E-state index in [0.29, 0.717) is 5.82 Å². The van der Waals surface area contributed by atoms with Crippen molar-refractivity contribution in [1.82, 2.24) is 19.7 Å². The van der Waals surface area contributed by atoms with Crippen LogP contribution in [0.25, 0.3) is 22.6 Å². The smallest absolute Gasteiger partial charge is 0.163 e. The third-order valence-corrected chi connectivity index (χ3v) is 2.96. The molecule has 0 saturated heterocycles. The molecule has 0 N–H and O–H groups in total. The van der Waals surface area contributed by atoms with Crippen molar-refractivity contribution in [2.24, 2.45) is 7.05 Å². The van der Waals surface area contributed by atoms with Gasteiger partial charge in [0.25, 0.3) is 0 Å². The largest absolute Gasteiger partial charge is 0.275 e. The Kier molecular flexibility index (Phi) is 3.02. The highest BCUT2D eigenvalue weighted by Crippen LogP contribution is 2.22. The van der Waals surface area contributed by atoms with Crippen LogP contribution in [0.15, 0.2) is 42.7 Å². The fraction of sp³-hybridized carbons (Fsp3) is 0.133. The predicted molar refractivity (Wildman–Crippen MR) is 74.4 cm³/mol. The number of aromatic nitrogens is 4. The summed E-state index contributed by atoms with van der Waals surface area (Å²) in [4.78, 5) is 8.95. The molecule has 2 aromatic heterocycles. The highest BCUT2D eigenvalue weighted by Gasteiger charge is 2.08. The minimum atomic E-state index is -0.257. The Bertz CT molecular complexity index is 747. The van der Waals surface area contributed by atoms with Gasteiger partial charge in [0.2, 0.25) is 0 Å². The van der Waals surface area contributed by atoms with Crippen LogP contribution in [0, 0.1) is 12.7 Å². The van der Waals surface area contributed by atoms with Gasteiger partial charge in [0.05, 0.1) is 17.5 Å². The van der Waals surface area contributed by atoms with Crippen molar-refractivity contribution in [3.05, 3.63) is 54.2 Å². The summed E-state index contributed by atoms with van der Waals surface area (Å²) in [6, 6.07) is 8.16. The van der Waals surface area contributed by atoms with E-state index in [2.05, 4.69) is 15.1 Å². The second kappa shape index (κ2) is 4.85. The van der Waals surface area contributed by atoms with Gasteiger partial charge in [-0.2, -0.15) is 5.10 Å². The molecule has 0 saturated carbocycles. The molecule has 20 heavy (non-hydrogen) atoms. The number of hydrogen-bond donors (Lipinski definition) is 0. The van der Waals surface area contributed by atoms with Gasteiger partial charge in [0.1, 0.15) is 5.82 Å². The van der Waals surface area contributed by atoms with Gasteiger partial charge >= 0.3 is 0 Å². The summed E-state index contributed by atoms with van der Waals surface area (Å²) < 4.78 is 14.7. The van der Waals surface area contributed by atoms with Crippen molar-refractivity contribution in [1.29, 1.82) is 0 Å². The lowest BCUT2D eigenvalue weighted by Crippen LogP contribution is -1.94. The highest BCUT2D eigenvalue weighted by atomic mass is 19.1. The molecule has 0 amide bonds. The Morgan fingerprint density at radius 3 is 2.45 bits per heavy atom. The molecule has 5 heteroatoms. The summed E-state index contributed by atoms with van der Waals surface area (Å²) in [6.07, 6.45) is 3.59. The maximum atomic E-state index is 13.0. The molecule has 0 aliphatic carbocycles. The first-order chi connectivity index (χ1) is 9.61. The highest BCUT2D eigenvalue weighted by molar-refractivity contribution is 5.63. The molecular formula is C15H13FN4. The predicted octanol–water partition coefficient (Wildman–Crippen LogP) is 2.99. The Morgan fingerprint density at radius 2 is 1.80 bits per heavy atom. The molecule has 2 heterocycles. The number of rotatable bonds is 2. The van der Waals surface area contributed by atoms with E-state index in [1.807, 2.05) is 26.2 Å². The first-order valence-corrected chi connectivity index (χ1v) is 6.22. The molecule has 4 nitrogen and oxygen atoms in total. The summed E-state index contributed by atoms with van der Waals surface area (Å²) in [7, 11) is 1.85.